The number of phosphoric acid groups is 1. The normalized spacial score (nSPS) is 13.8. The van der Waals surface area contributed by atoms with E-state index < -0.39 is 32.5 Å². The summed E-state index contributed by atoms with van der Waals surface area (Å²) in [5, 5.41) is 0. The minimum absolute atomic E-state index is 0.0482. The average Bonchev–Trinajstić information content (AvgIpc) is 3.14. The molecule has 0 radical (unpaired) electrons. The van der Waals surface area contributed by atoms with Crippen molar-refractivity contribution in [2.75, 3.05) is 26.4 Å². The smallest absolute Gasteiger partial charge is 0.462 e. The van der Waals surface area contributed by atoms with Crippen LogP contribution in [0.5, 0.6) is 0 Å². The van der Waals surface area contributed by atoms with Crippen LogP contribution in [0.15, 0.2) is 48.6 Å². The largest absolute Gasteiger partial charge is 0.472 e. The SMILES string of the molecule is CCCCC/C=C/C/C=C/C/C=C/C/C=C/CCCCCC(=O)OC[C@@H](COP(=O)(O)OCCN)OC(=O)CCCCCCCCCCCCCCC. The number of nitrogens with two attached hydrogens (primary N) is 1. The second-order valence-corrected chi connectivity index (χ2v) is 15.3. The van der Waals surface area contributed by atoms with Crippen molar-refractivity contribution in [1.82, 2.24) is 0 Å². The van der Waals surface area contributed by atoms with E-state index >= 15 is 0 Å². The number of hydrogen-bond donors (Lipinski definition) is 2. The van der Waals surface area contributed by atoms with Gasteiger partial charge in [0.25, 0.3) is 0 Å². The molecule has 10 heteroatoms. The van der Waals surface area contributed by atoms with E-state index in [2.05, 4.69) is 62.5 Å². The number of esters is 2. The van der Waals surface area contributed by atoms with Gasteiger partial charge in [-0.05, 0) is 57.8 Å². The quantitative estimate of drug-likeness (QED) is 0.0271. The predicted molar refractivity (Wildman–Crippen MR) is 220 cm³/mol. The lowest BCUT2D eigenvalue weighted by molar-refractivity contribution is -0.161. The molecule has 53 heavy (non-hydrogen) atoms. The lowest BCUT2D eigenvalue weighted by Gasteiger charge is -2.19. The molecule has 0 aromatic carbocycles. The highest BCUT2D eigenvalue weighted by atomic mass is 31.2. The fourth-order valence-electron chi connectivity index (χ4n) is 5.56. The molecule has 0 fully saturated rings. The Balaban J connectivity index is 4.22. The van der Waals surface area contributed by atoms with E-state index in [9.17, 15) is 19.0 Å². The molecule has 308 valence electrons. The standard InChI is InChI=1S/C43H78NO8P/c1-3-5-7-9-11-13-15-17-18-19-20-21-22-24-25-27-29-31-33-35-42(45)49-39-41(40-51-53(47,48)50-38-37-44)52-43(46)36-34-32-30-28-26-23-16-14-12-10-8-6-4-2/h11,13,17-18,20-21,24-25,41H,3-10,12,14-16,19,22-23,26-40,44H2,1-2H3,(H,47,48)/b13-11+,18-17+,21-20+,25-24+/t41-/m0/s1. The number of carbonyl (C=O) groups is 2. The third-order valence-corrected chi connectivity index (χ3v) is 9.70. The van der Waals surface area contributed by atoms with Gasteiger partial charge in [-0.15, -0.1) is 0 Å². The van der Waals surface area contributed by atoms with Crippen molar-refractivity contribution in [3.63, 3.8) is 0 Å². The van der Waals surface area contributed by atoms with Gasteiger partial charge in [-0.2, -0.15) is 0 Å². The molecule has 0 saturated heterocycles. The molecule has 0 aromatic heterocycles. The van der Waals surface area contributed by atoms with Gasteiger partial charge >= 0.3 is 19.8 Å². The Labute approximate surface area is 324 Å². The van der Waals surface area contributed by atoms with E-state index in [-0.39, 0.29) is 32.6 Å². The van der Waals surface area contributed by atoms with Crippen LogP contribution < -0.4 is 5.73 Å². The molecule has 0 aromatic rings. The molecule has 3 N–H and O–H groups in total. The zero-order valence-electron chi connectivity index (χ0n) is 33.7. The summed E-state index contributed by atoms with van der Waals surface area (Å²) in [6.07, 6.45) is 44.2. The summed E-state index contributed by atoms with van der Waals surface area (Å²) in [6, 6.07) is 0. The van der Waals surface area contributed by atoms with Crippen molar-refractivity contribution in [3.8, 4) is 0 Å². The molecule has 0 rings (SSSR count). The fourth-order valence-corrected chi connectivity index (χ4v) is 6.32. The Bertz CT molecular complexity index is 1010. The minimum atomic E-state index is -4.38. The van der Waals surface area contributed by atoms with E-state index in [0.29, 0.717) is 12.8 Å². The van der Waals surface area contributed by atoms with Crippen LogP contribution in [0.3, 0.4) is 0 Å². The zero-order chi connectivity index (χ0) is 38.9. The van der Waals surface area contributed by atoms with Gasteiger partial charge in [0.05, 0.1) is 13.2 Å². The van der Waals surface area contributed by atoms with E-state index in [4.69, 9.17) is 24.3 Å². The van der Waals surface area contributed by atoms with Gasteiger partial charge in [0.1, 0.15) is 6.61 Å². The average molecular weight is 768 g/mol. The molecule has 2 atom stereocenters. The van der Waals surface area contributed by atoms with Gasteiger partial charge in [0.2, 0.25) is 0 Å². The Morgan fingerprint density at radius 1 is 0.566 bits per heavy atom. The summed E-state index contributed by atoms with van der Waals surface area (Å²) >= 11 is 0. The molecule has 0 aliphatic rings. The van der Waals surface area contributed by atoms with Gasteiger partial charge < -0.3 is 20.1 Å². The highest BCUT2D eigenvalue weighted by molar-refractivity contribution is 7.47. The van der Waals surface area contributed by atoms with Gasteiger partial charge in [-0.3, -0.25) is 18.6 Å². The predicted octanol–water partition coefficient (Wildman–Crippen LogP) is 11.9. The maximum absolute atomic E-state index is 12.5. The summed E-state index contributed by atoms with van der Waals surface area (Å²) < 4.78 is 32.7. The van der Waals surface area contributed by atoms with Gasteiger partial charge in [0, 0.05) is 19.4 Å². The lowest BCUT2D eigenvalue weighted by atomic mass is 10.0. The molecule has 0 amide bonds. The lowest BCUT2D eigenvalue weighted by Crippen LogP contribution is -2.29. The van der Waals surface area contributed by atoms with E-state index in [0.717, 1.165) is 57.8 Å². The van der Waals surface area contributed by atoms with Crippen LogP contribution in [-0.2, 0) is 32.7 Å². The molecule has 0 spiro atoms. The summed E-state index contributed by atoms with van der Waals surface area (Å²) in [5.41, 5.74) is 5.34. The van der Waals surface area contributed by atoms with Crippen molar-refractivity contribution in [2.45, 2.75) is 187 Å². The Hall–Kier alpha value is -2.03. The first-order valence-corrected chi connectivity index (χ1v) is 22.6. The number of carbonyl (C=O) groups excluding carboxylic acids is 2. The topological polar surface area (TPSA) is 134 Å². The van der Waals surface area contributed by atoms with Crippen LogP contribution in [0.1, 0.15) is 181 Å². The summed E-state index contributed by atoms with van der Waals surface area (Å²) in [7, 11) is -4.38. The number of allylic oxidation sites excluding steroid dienone is 8. The van der Waals surface area contributed by atoms with E-state index in [1.165, 1.54) is 83.5 Å². The first kappa shape index (κ1) is 51.0. The van der Waals surface area contributed by atoms with Crippen LogP contribution in [0.25, 0.3) is 0 Å². The Morgan fingerprint density at radius 2 is 0.981 bits per heavy atom. The second-order valence-electron chi connectivity index (χ2n) is 13.9. The van der Waals surface area contributed by atoms with Crippen molar-refractivity contribution >= 4 is 19.8 Å². The number of ether oxygens (including phenoxy) is 2. The molecular formula is C43H78NO8P. The number of phosphoric ester groups is 1. The summed E-state index contributed by atoms with van der Waals surface area (Å²) in [6.45, 7) is 3.66. The first-order chi connectivity index (χ1) is 25.8. The van der Waals surface area contributed by atoms with E-state index in [1.54, 1.807) is 0 Å². The minimum Gasteiger partial charge on any atom is -0.462 e. The molecule has 0 bridgehead atoms. The maximum Gasteiger partial charge on any atom is 0.472 e. The van der Waals surface area contributed by atoms with Crippen molar-refractivity contribution < 1.29 is 37.6 Å². The molecule has 1 unspecified atom stereocenters. The third kappa shape index (κ3) is 39.5. The second kappa shape index (κ2) is 39.7. The molecule has 0 aliphatic carbocycles. The third-order valence-electron chi connectivity index (χ3n) is 8.72. The molecule has 0 aliphatic heterocycles. The van der Waals surface area contributed by atoms with Crippen LogP contribution in [0.2, 0.25) is 0 Å². The first-order valence-electron chi connectivity index (χ1n) is 21.1. The summed E-state index contributed by atoms with van der Waals surface area (Å²) in [4.78, 5) is 34.8. The zero-order valence-corrected chi connectivity index (χ0v) is 34.6. The number of hydrogen-bond acceptors (Lipinski definition) is 8. The molecular weight excluding hydrogens is 689 g/mol. The van der Waals surface area contributed by atoms with Crippen LogP contribution in [0.4, 0.5) is 0 Å². The van der Waals surface area contributed by atoms with E-state index in [1.807, 2.05) is 0 Å². The van der Waals surface area contributed by atoms with Crippen LogP contribution in [-0.4, -0.2) is 49.3 Å². The Morgan fingerprint density at radius 3 is 1.49 bits per heavy atom. The monoisotopic (exact) mass is 768 g/mol. The van der Waals surface area contributed by atoms with Gasteiger partial charge in [-0.25, -0.2) is 4.57 Å². The highest BCUT2D eigenvalue weighted by Gasteiger charge is 2.26. The van der Waals surface area contributed by atoms with Gasteiger partial charge in [0.15, 0.2) is 6.10 Å². The highest BCUT2D eigenvalue weighted by Crippen LogP contribution is 2.43. The maximum atomic E-state index is 12.5. The van der Waals surface area contributed by atoms with Crippen LogP contribution in [0, 0.1) is 0 Å². The van der Waals surface area contributed by atoms with Crippen molar-refractivity contribution in [3.05, 3.63) is 48.6 Å². The fraction of sp³-hybridized carbons (Fsp3) is 0.767. The molecule has 0 heterocycles. The van der Waals surface area contributed by atoms with Crippen molar-refractivity contribution in [2.24, 2.45) is 5.73 Å². The van der Waals surface area contributed by atoms with Crippen LogP contribution >= 0.6 is 7.82 Å². The Kier molecular flexibility index (Phi) is 38.1. The summed E-state index contributed by atoms with van der Waals surface area (Å²) in [5.74, 6) is -0.864. The molecule has 0 saturated carbocycles. The number of rotatable bonds is 39. The van der Waals surface area contributed by atoms with Crippen molar-refractivity contribution in [1.29, 1.82) is 0 Å². The molecule has 9 nitrogen and oxygen atoms in total. The van der Waals surface area contributed by atoms with Gasteiger partial charge in [-0.1, -0.05) is 159 Å². The number of unbranched alkanes of at least 4 members (excludes halogenated alkanes) is 18.